The Morgan fingerprint density at radius 2 is 1.92 bits per heavy atom. The van der Waals surface area contributed by atoms with Crippen LogP contribution in [0.5, 0.6) is 0 Å². The molecule has 36 heavy (non-hydrogen) atoms. The Morgan fingerprint density at radius 3 is 2.53 bits per heavy atom. The van der Waals surface area contributed by atoms with Gasteiger partial charge < -0.3 is 20.3 Å². The van der Waals surface area contributed by atoms with Crippen LogP contribution in [-0.4, -0.2) is 84.1 Å². The van der Waals surface area contributed by atoms with Crippen molar-refractivity contribution in [2.75, 3.05) is 39.3 Å². The Morgan fingerprint density at radius 1 is 1.19 bits per heavy atom. The van der Waals surface area contributed by atoms with Crippen LogP contribution in [0.15, 0.2) is 29.5 Å². The number of hydrogen-bond acceptors (Lipinski definition) is 5. The summed E-state index contributed by atoms with van der Waals surface area (Å²) in [5, 5.41) is 6.02. The quantitative estimate of drug-likeness (QED) is 0.562. The monoisotopic (exact) mass is 499 g/mol. The normalized spacial score (nSPS) is 21.1. The number of aryl methyl sites for hydroxylation is 2. The van der Waals surface area contributed by atoms with Crippen LogP contribution >= 0.6 is 0 Å². The largest absolute Gasteiger partial charge is 0.463 e. The van der Waals surface area contributed by atoms with Gasteiger partial charge in [0, 0.05) is 50.5 Å². The highest BCUT2D eigenvalue weighted by Gasteiger charge is 2.39. The molecule has 198 valence electrons. The van der Waals surface area contributed by atoms with Gasteiger partial charge in [-0.15, -0.1) is 0 Å². The topological polar surface area (TPSA) is 94.2 Å². The van der Waals surface area contributed by atoms with E-state index in [0.717, 1.165) is 16.7 Å². The first-order valence-corrected chi connectivity index (χ1v) is 12.9. The van der Waals surface area contributed by atoms with Gasteiger partial charge >= 0.3 is 18.0 Å². The number of amides is 4. The van der Waals surface area contributed by atoms with E-state index in [1.54, 1.807) is 11.8 Å². The Bertz CT molecular complexity index is 1020. The van der Waals surface area contributed by atoms with Crippen LogP contribution in [0.3, 0.4) is 0 Å². The van der Waals surface area contributed by atoms with E-state index in [1.165, 1.54) is 0 Å². The van der Waals surface area contributed by atoms with E-state index in [-0.39, 0.29) is 30.8 Å². The van der Waals surface area contributed by atoms with Gasteiger partial charge in [-0.2, -0.15) is 0 Å². The van der Waals surface area contributed by atoms with Crippen molar-refractivity contribution in [3.05, 3.63) is 46.2 Å². The number of rotatable bonds is 7. The molecule has 0 saturated carbocycles. The van der Waals surface area contributed by atoms with Crippen molar-refractivity contribution in [1.29, 1.82) is 0 Å². The highest BCUT2D eigenvalue weighted by atomic mass is 16.5. The van der Waals surface area contributed by atoms with Gasteiger partial charge in [0.1, 0.15) is 0 Å². The van der Waals surface area contributed by atoms with Gasteiger partial charge in [-0.3, -0.25) is 9.80 Å². The molecule has 2 aliphatic heterocycles. The maximum absolute atomic E-state index is 13.4. The van der Waals surface area contributed by atoms with Crippen molar-refractivity contribution in [1.82, 2.24) is 25.3 Å². The molecule has 3 rings (SSSR count). The third-order valence-electron chi connectivity index (χ3n) is 6.75. The maximum Gasteiger partial charge on any atom is 0.338 e. The molecule has 1 aromatic carbocycles. The van der Waals surface area contributed by atoms with E-state index in [4.69, 9.17) is 4.74 Å². The molecule has 9 nitrogen and oxygen atoms in total. The minimum absolute atomic E-state index is 0.00792. The van der Waals surface area contributed by atoms with Crippen LogP contribution in [0.1, 0.15) is 57.4 Å². The predicted molar refractivity (Wildman–Crippen MR) is 140 cm³/mol. The number of piperazine rings is 1. The zero-order valence-electron chi connectivity index (χ0n) is 22.7. The summed E-state index contributed by atoms with van der Waals surface area (Å²) in [5.74, 6) is -0.417. The van der Waals surface area contributed by atoms with Crippen molar-refractivity contribution < 1.29 is 19.1 Å². The summed E-state index contributed by atoms with van der Waals surface area (Å²) in [6, 6.07) is 5.23. The van der Waals surface area contributed by atoms with Gasteiger partial charge in [-0.25, -0.2) is 14.4 Å². The molecule has 0 aliphatic carbocycles. The van der Waals surface area contributed by atoms with Gasteiger partial charge in [0.05, 0.1) is 18.2 Å². The lowest BCUT2D eigenvalue weighted by molar-refractivity contribution is -0.139. The van der Waals surface area contributed by atoms with Crippen molar-refractivity contribution in [3.63, 3.8) is 0 Å². The lowest BCUT2D eigenvalue weighted by atomic mass is 9.90. The molecule has 0 aromatic heterocycles. The van der Waals surface area contributed by atoms with Gasteiger partial charge in [0.25, 0.3) is 0 Å². The average Bonchev–Trinajstić information content (AvgIpc) is 2.80. The number of carbonyl (C=O) groups is 3. The number of nitrogens with zero attached hydrogens (tertiary/aromatic N) is 3. The van der Waals surface area contributed by atoms with Gasteiger partial charge in [0.15, 0.2) is 0 Å². The molecule has 1 aromatic rings. The average molecular weight is 500 g/mol. The lowest BCUT2D eigenvalue weighted by Crippen LogP contribution is -2.58. The number of benzene rings is 1. The fraction of sp³-hybridized carbons (Fsp3) is 0.593. The summed E-state index contributed by atoms with van der Waals surface area (Å²) in [4.78, 5) is 44.9. The Balaban J connectivity index is 1.98. The molecule has 0 bridgehead atoms. The van der Waals surface area contributed by atoms with E-state index in [1.807, 2.05) is 64.6 Å². The number of ether oxygens (including phenoxy) is 1. The molecule has 4 amide bonds. The molecule has 2 heterocycles. The van der Waals surface area contributed by atoms with E-state index >= 15 is 0 Å². The Labute approximate surface area is 214 Å². The van der Waals surface area contributed by atoms with E-state index in [0.29, 0.717) is 44.0 Å². The molecule has 0 radical (unpaired) electrons. The van der Waals surface area contributed by atoms with E-state index in [2.05, 4.69) is 15.5 Å². The lowest BCUT2D eigenvalue weighted by Gasteiger charge is -2.43. The maximum atomic E-state index is 13.4. The molecule has 2 aliphatic rings. The smallest absolute Gasteiger partial charge is 0.338 e. The predicted octanol–water partition coefficient (Wildman–Crippen LogP) is 3.33. The van der Waals surface area contributed by atoms with Crippen molar-refractivity contribution >= 4 is 18.0 Å². The highest BCUT2D eigenvalue weighted by Crippen LogP contribution is 2.34. The van der Waals surface area contributed by atoms with E-state index < -0.39 is 12.0 Å². The number of carbonyl (C=O) groups excluding carboxylic acids is 3. The zero-order valence-corrected chi connectivity index (χ0v) is 22.7. The summed E-state index contributed by atoms with van der Waals surface area (Å²) in [6.07, 6.45) is 0. The molecule has 2 atom stereocenters. The number of likely N-dealkylation sites (N-methyl/N-ethyl adjacent to an activating group) is 1. The third kappa shape index (κ3) is 6.00. The number of esters is 1. The molecule has 2 N–H and O–H groups in total. The van der Waals surface area contributed by atoms with Gasteiger partial charge in [-0.1, -0.05) is 23.8 Å². The summed E-state index contributed by atoms with van der Waals surface area (Å²) < 4.78 is 5.50. The summed E-state index contributed by atoms with van der Waals surface area (Å²) in [5.41, 5.74) is 4.08. The van der Waals surface area contributed by atoms with Crippen LogP contribution in [0.25, 0.3) is 0 Å². The number of hydrogen-bond donors (Lipinski definition) is 2. The second-order valence-corrected chi connectivity index (χ2v) is 9.95. The second-order valence-electron chi connectivity index (χ2n) is 9.95. The SMILES string of the molecule is CCOC(=O)C1=C(CN2CCN(C(=O)NC(C)C)[C@H](C)C2)N(CC)C(=O)N[C@H]1c1cc(C)ccc1C. The summed E-state index contributed by atoms with van der Waals surface area (Å²) >= 11 is 0. The summed E-state index contributed by atoms with van der Waals surface area (Å²) in [7, 11) is 0. The molecular weight excluding hydrogens is 458 g/mol. The van der Waals surface area contributed by atoms with Gasteiger partial charge in [-0.05, 0) is 59.6 Å². The summed E-state index contributed by atoms with van der Waals surface area (Å²) in [6.45, 7) is 16.5. The van der Waals surface area contributed by atoms with Crippen LogP contribution < -0.4 is 10.6 Å². The minimum Gasteiger partial charge on any atom is -0.463 e. The number of nitrogens with one attached hydrogen (secondary N) is 2. The third-order valence-corrected chi connectivity index (χ3v) is 6.75. The standard InChI is InChI=1S/C27H41N5O4/c1-8-31-22(16-30-12-13-32(20(7)15-30)26(34)28-17(3)4)23(25(33)36-9-2)24(29-27(31)35)21-14-18(5)10-11-19(21)6/h10-11,14,17,20,24H,8-9,12-13,15-16H2,1-7H3,(H,28,34)(H,29,35)/t20-,24+/m1/s1. The first-order chi connectivity index (χ1) is 17.1. The van der Waals surface area contributed by atoms with Crippen molar-refractivity contribution in [2.45, 2.75) is 66.6 Å². The first-order valence-electron chi connectivity index (χ1n) is 12.9. The fourth-order valence-corrected chi connectivity index (χ4v) is 4.98. The van der Waals surface area contributed by atoms with Crippen LogP contribution in [0, 0.1) is 13.8 Å². The number of urea groups is 2. The van der Waals surface area contributed by atoms with Gasteiger partial charge in [0.2, 0.25) is 0 Å². The van der Waals surface area contributed by atoms with Crippen molar-refractivity contribution in [3.8, 4) is 0 Å². The minimum atomic E-state index is -0.593. The van der Waals surface area contributed by atoms with E-state index in [9.17, 15) is 14.4 Å². The molecule has 1 saturated heterocycles. The van der Waals surface area contributed by atoms with Crippen LogP contribution in [0.4, 0.5) is 9.59 Å². The first kappa shape index (κ1) is 27.5. The Kier molecular flexibility index (Phi) is 9.00. The molecule has 1 fully saturated rings. The molecule has 9 heteroatoms. The van der Waals surface area contributed by atoms with Crippen LogP contribution in [0.2, 0.25) is 0 Å². The van der Waals surface area contributed by atoms with Crippen LogP contribution in [-0.2, 0) is 9.53 Å². The zero-order chi connectivity index (χ0) is 26.6. The Hall–Kier alpha value is -3.07. The second kappa shape index (κ2) is 11.8. The molecule has 0 unspecified atom stereocenters. The molecular formula is C27H41N5O4. The fourth-order valence-electron chi connectivity index (χ4n) is 4.98. The van der Waals surface area contributed by atoms with Crippen molar-refractivity contribution in [2.24, 2.45) is 0 Å². The molecule has 0 spiro atoms. The highest BCUT2D eigenvalue weighted by molar-refractivity contribution is 5.95.